The lowest BCUT2D eigenvalue weighted by molar-refractivity contribution is -0.141. The van der Waals surface area contributed by atoms with E-state index in [4.69, 9.17) is 0 Å². The molecular weight excluding hydrogens is 520 g/mol. The van der Waals surface area contributed by atoms with Gasteiger partial charge in [0.25, 0.3) is 5.91 Å². The Labute approximate surface area is 237 Å². The van der Waals surface area contributed by atoms with Gasteiger partial charge in [-0.2, -0.15) is 0 Å². The molecule has 2 aliphatic heterocycles. The first-order valence-electron chi connectivity index (χ1n) is 14.4. The van der Waals surface area contributed by atoms with E-state index in [0.29, 0.717) is 38.0 Å². The van der Waals surface area contributed by atoms with Crippen LogP contribution in [0.5, 0.6) is 0 Å². The van der Waals surface area contributed by atoms with Crippen LogP contribution >= 0.6 is 0 Å². The molecule has 0 bridgehead atoms. The summed E-state index contributed by atoms with van der Waals surface area (Å²) < 4.78 is 3.63. The van der Waals surface area contributed by atoms with Gasteiger partial charge in [-0.1, -0.05) is 42.5 Å². The molecule has 7 rings (SSSR count). The summed E-state index contributed by atoms with van der Waals surface area (Å²) in [7, 11) is 0. The number of carboxylic acid groups (broad SMARTS) is 1. The summed E-state index contributed by atoms with van der Waals surface area (Å²) in [5, 5.41) is 22.7. The Morgan fingerprint density at radius 2 is 1.95 bits per heavy atom. The SMILES string of the molecule is Cc1cc(N2CC[C@](C)(c3ccccc3)C2)cn2nc(C(=O)N3CCc4c(nnn4C4CCC(C(=O)O)C4)C3)nc12. The molecule has 3 atom stereocenters. The first-order chi connectivity index (χ1) is 19.8. The molecule has 1 amide bonds. The van der Waals surface area contributed by atoms with Crippen LogP contribution in [0.3, 0.4) is 0 Å². The van der Waals surface area contributed by atoms with Crippen molar-refractivity contribution < 1.29 is 14.7 Å². The van der Waals surface area contributed by atoms with Crippen LogP contribution in [0, 0.1) is 12.8 Å². The molecule has 1 aliphatic carbocycles. The van der Waals surface area contributed by atoms with Crippen LogP contribution in [-0.4, -0.2) is 71.1 Å². The molecule has 5 heterocycles. The van der Waals surface area contributed by atoms with E-state index in [-0.39, 0.29) is 29.1 Å². The van der Waals surface area contributed by atoms with Crippen LogP contribution in [0.2, 0.25) is 0 Å². The van der Waals surface area contributed by atoms with E-state index in [1.807, 2.05) is 17.8 Å². The minimum atomic E-state index is -0.744. The molecule has 1 saturated heterocycles. The fourth-order valence-corrected chi connectivity index (χ4v) is 6.89. The fraction of sp³-hybridized carbons (Fsp3) is 0.467. The lowest BCUT2D eigenvalue weighted by Gasteiger charge is -2.26. The molecule has 1 aromatic carbocycles. The number of fused-ring (bicyclic) bond motifs is 2. The van der Waals surface area contributed by atoms with E-state index >= 15 is 0 Å². The number of carbonyl (C=O) groups excluding carboxylic acids is 1. The Kier molecular flexibility index (Phi) is 6.06. The van der Waals surface area contributed by atoms with Crippen molar-refractivity contribution in [3.8, 4) is 0 Å². The molecule has 3 aliphatic rings. The van der Waals surface area contributed by atoms with E-state index in [9.17, 15) is 14.7 Å². The van der Waals surface area contributed by atoms with Crippen LogP contribution < -0.4 is 4.90 Å². The smallest absolute Gasteiger partial charge is 0.306 e. The molecule has 2 unspecified atom stereocenters. The number of amides is 1. The van der Waals surface area contributed by atoms with Gasteiger partial charge in [0.2, 0.25) is 5.82 Å². The van der Waals surface area contributed by atoms with Gasteiger partial charge in [0, 0.05) is 31.5 Å². The maximum Gasteiger partial charge on any atom is 0.306 e. The number of carboxylic acids is 1. The van der Waals surface area contributed by atoms with Crippen LogP contribution in [0.4, 0.5) is 5.69 Å². The van der Waals surface area contributed by atoms with Crippen LogP contribution in [-0.2, 0) is 23.2 Å². The number of carbonyl (C=O) groups is 2. The zero-order chi connectivity index (χ0) is 28.3. The average molecular weight is 555 g/mol. The maximum atomic E-state index is 13.5. The van der Waals surface area contributed by atoms with E-state index < -0.39 is 5.97 Å². The first-order valence-corrected chi connectivity index (χ1v) is 14.4. The monoisotopic (exact) mass is 554 g/mol. The molecule has 0 spiro atoms. The van der Waals surface area contributed by atoms with Gasteiger partial charge in [-0.3, -0.25) is 9.59 Å². The number of aromatic nitrogens is 6. The van der Waals surface area contributed by atoms with Gasteiger partial charge < -0.3 is 14.9 Å². The minimum Gasteiger partial charge on any atom is -0.481 e. The molecule has 11 heteroatoms. The Morgan fingerprint density at radius 3 is 2.73 bits per heavy atom. The highest BCUT2D eigenvalue weighted by Crippen LogP contribution is 2.38. The van der Waals surface area contributed by atoms with Crippen molar-refractivity contribution in [1.82, 2.24) is 34.5 Å². The van der Waals surface area contributed by atoms with Gasteiger partial charge in [-0.05, 0) is 49.8 Å². The third-order valence-corrected chi connectivity index (χ3v) is 9.32. The molecule has 41 heavy (non-hydrogen) atoms. The summed E-state index contributed by atoms with van der Waals surface area (Å²) in [6.07, 6.45) is 5.68. The quantitative estimate of drug-likeness (QED) is 0.398. The van der Waals surface area contributed by atoms with Crippen molar-refractivity contribution in [2.45, 2.75) is 64.0 Å². The first kappa shape index (κ1) is 25.7. The van der Waals surface area contributed by atoms with Gasteiger partial charge in [0.1, 0.15) is 5.69 Å². The number of rotatable bonds is 5. The Bertz CT molecular complexity index is 1650. The third-order valence-electron chi connectivity index (χ3n) is 9.32. The zero-order valence-electron chi connectivity index (χ0n) is 23.4. The molecular formula is C30H34N8O3. The van der Waals surface area contributed by atoms with Gasteiger partial charge in [-0.25, -0.2) is 14.2 Å². The summed E-state index contributed by atoms with van der Waals surface area (Å²) in [6.45, 7) is 7.05. The molecule has 212 valence electrons. The fourth-order valence-electron chi connectivity index (χ4n) is 6.89. The van der Waals surface area contributed by atoms with E-state index in [1.165, 1.54) is 5.56 Å². The number of pyridine rings is 1. The Morgan fingerprint density at radius 1 is 1.12 bits per heavy atom. The zero-order valence-corrected chi connectivity index (χ0v) is 23.4. The van der Waals surface area contributed by atoms with Crippen molar-refractivity contribution in [3.05, 3.63) is 70.9 Å². The minimum absolute atomic E-state index is 0.0491. The summed E-state index contributed by atoms with van der Waals surface area (Å²) in [6, 6.07) is 12.9. The number of aryl methyl sites for hydroxylation is 1. The van der Waals surface area contributed by atoms with E-state index in [0.717, 1.165) is 48.6 Å². The van der Waals surface area contributed by atoms with E-state index in [1.54, 1.807) is 9.42 Å². The summed E-state index contributed by atoms with van der Waals surface area (Å²) in [4.78, 5) is 33.7. The molecule has 1 N–H and O–H groups in total. The van der Waals surface area contributed by atoms with Crippen molar-refractivity contribution in [2.75, 3.05) is 24.5 Å². The van der Waals surface area contributed by atoms with Crippen LogP contribution in [0.1, 0.15) is 71.8 Å². The number of hydrogen-bond donors (Lipinski definition) is 1. The van der Waals surface area contributed by atoms with Gasteiger partial charge in [0.15, 0.2) is 5.65 Å². The summed E-state index contributed by atoms with van der Waals surface area (Å²) >= 11 is 0. The van der Waals surface area contributed by atoms with E-state index in [2.05, 4.69) is 68.6 Å². The number of aliphatic carboxylic acids is 1. The molecule has 11 nitrogen and oxygen atoms in total. The second kappa shape index (κ2) is 9.67. The molecule has 3 aromatic heterocycles. The summed E-state index contributed by atoms with van der Waals surface area (Å²) in [5.41, 5.74) is 5.93. The predicted molar refractivity (Wildman–Crippen MR) is 151 cm³/mol. The second-order valence-corrected chi connectivity index (χ2v) is 12.1. The highest BCUT2D eigenvalue weighted by Gasteiger charge is 2.37. The van der Waals surface area contributed by atoms with Crippen molar-refractivity contribution >= 4 is 23.2 Å². The van der Waals surface area contributed by atoms with Gasteiger partial charge in [0.05, 0.1) is 36.1 Å². The Hall–Kier alpha value is -4.28. The maximum absolute atomic E-state index is 13.5. The highest BCUT2D eigenvalue weighted by atomic mass is 16.4. The third kappa shape index (κ3) is 4.43. The number of benzene rings is 1. The normalized spacial score (nSPS) is 24.2. The van der Waals surface area contributed by atoms with Crippen LogP contribution in [0.15, 0.2) is 42.6 Å². The molecule has 2 fully saturated rings. The lowest BCUT2D eigenvalue weighted by atomic mass is 9.82. The summed E-state index contributed by atoms with van der Waals surface area (Å²) in [5.74, 6) is -1.12. The van der Waals surface area contributed by atoms with Crippen molar-refractivity contribution in [2.24, 2.45) is 5.92 Å². The number of hydrogen-bond acceptors (Lipinski definition) is 7. The molecule has 1 saturated carbocycles. The number of anilines is 1. The van der Waals surface area contributed by atoms with Crippen molar-refractivity contribution in [3.63, 3.8) is 0 Å². The topological polar surface area (TPSA) is 122 Å². The molecule has 4 aromatic rings. The predicted octanol–water partition coefficient (Wildman–Crippen LogP) is 3.42. The van der Waals surface area contributed by atoms with Crippen LogP contribution in [0.25, 0.3) is 5.65 Å². The van der Waals surface area contributed by atoms with Crippen molar-refractivity contribution in [1.29, 1.82) is 0 Å². The Balaban J connectivity index is 1.08. The second-order valence-electron chi connectivity index (χ2n) is 12.1. The largest absolute Gasteiger partial charge is 0.481 e. The lowest BCUT2D eigenvalue weighted by Crippen LogP contribution is -2.37. The highest BCUT2D eigenvalue weighted by molar-refractivity contribution is 5.91. The van der Waals surface area contributed by atoms with Gasteiger partial charge >= 0.3 is 5.97 Å². The molecule has 0 radical (unpaired) electrons. The average Bonchev–Trinajstić information content (AvgIpc) is 3.78. The standard InChI is InChI=1S/C30H34N8O3/c1-19-14-23(36-13-11-30(2,18-36)21-6-4-3-5-7-21)16-37-27(19)31-26(33-37)28(39)35-12-10-25-24(17-35)32-34-38(25)22-9-8-20(15-22)29(40)41/h3-7,14,16,20,22H,8-13,15,17-18H2,1-2H3,(H,40,41)/t20?,22?,30-/m0/s1. The van der Waals surface area contributed by atoms with Gasteiger partial charge in [-0.15, -0.1) is 10.2 Å². The number of nitrogens with zero attached hydrogens (tertiary/aromatic N) is 8.